The molecule has 1 aromatic carbocycles. The van der Waals surface area contributed by atoms with Crippen molar-refractivity contribution in [3.63, 3.8) is 0 Å². The largest absolute Gasteiger partial charge is 0.493 e. The quantitative estimate of drug-likeness (QED) is 0.542. The third-order valence-corrected chi connectivity index (χ3v) is 4.42. The molecule has 1 atom stereocenters. The highest BCUT2D eigenvalue weighted by Gasteiger charge is 2.18. The van der Waals surface area contributed by atoms with Crippen molar-refractivity contribution in [1.82, 2.24) is 10.2 Å². The lowest BCUT2D eigenvalue weighted by Gasteiger charge is -2.24. The molecule has 0 amide bonds. The molecule has 1 heterocycles. The first-order valence-corrected chi connectivity index (χ1v) is 9.87. The van der Waals surface area contributed by atoms with Crippen molar-refractivity contribution in [1.29, 1.82) is 0 Å². The Morgan fingerprint density at radius 3 is 2.73 bits per heavy atom. The molecule has 26 heavy (non-hydrogen) atoms. The molecule has 0 saturated carbocycles. The van der Waals surface area contributed by atoms with Gasteiger partial charge in [0.05, 0.1) is 13.2 Å². The summed E-state index contributed by atoms with van der Waals surface area (Å²) in [5.41, 5.74) is 1.29. The minimum atomic E-state index is 0.543. The normalized spacial score (nSPS) is 17.6. The maximum atomic E-state index is 5.74. The monoisotopic (exact) mass is 361 g/mol. The van der Waals surface area contributed by atoms with Crippen LogP contribution in [0.4, 0.5) is 0 Å². The first-order valence-electron chi connectivity index (χ1n) is 9.87. The van der Waals surface area contributed by atoms with E-state index in [0.717, 1.165) is 64.0 Å². The van der Waals surface area contributed by atoms with Gasteiger partial charge in [-0.3, -0.25) is 4.99 Å². The van der Waals surface area contributed by atoms with Crippen LogP contribution in [0.15, 0.2) is 29.3 Å². The van der Waals surface area contributed by atoms with E-state index in [9.17, 15) is 0 Å². The van der Waals surface area contributed by atoms with E-state index in [-0.39, 0.29) is 0 Å². The number of benzene rings is 1. The average Bonchev–Trinajstić information content (AvgIpc) is 3.13. The van der Waals surface area contributed by atoms with Crippen molar-refractivity contribution in [2.45, 2.75) is 33.6 Å². The molecule has 5 nitrogen and oxygen atoms in total. The molecule has 1 aliphatic rings. The predicted octanol–water partition coefficient (Wildman–Crippen LogP) is 3.20. The van der Waals surface area contributed by atoms with Gasteiger partial charge in [0.1, 0.15) is 5.75 Å². The smallest absolute Gasteiger partial charge is 0.193 e. The molecule has 0 spiro atoms. The van der Waals surface area contributed by atoms with Crippen LogP contribution in [0.25, 0.3) is 0 Å². The number of aliphatic imine (C=N–C) groups is 1. The second-order valence-electron chi connectivity index (χ2n) is 7.44. The summed E-state index contributed by atoms with van der Waals surface area (Å²) in [7, 11) is 2.11. The van der Waals surface area contributed by atoms with Gasteiger partial charge in [-0.1, -0.05) is 26.0 Å². The Balaban J connectivity index is 1.82. The molecule has 1 saturated heterocycles. The van der Waals surface area contributed by atoms with E-state index in [1.807, 2.05) is 0 Å². The minimum Gasteiger partial charge on any atom is -0.493 e. The second-order valence-corrected chi connectivity index (χ2v) is 7.44. The average molecular weight is 362 g/mol. The fraction of sp³-hybridized carbons (Fsp3) is 0.667. The molecular formula is C21H35N3O2. The van der Waals surface area contributed by atoms with Crippen LogP contribution in [0.2, 0.25) is 0 Å². The maximum Gasteiger partial charge on any atom is 0.193 e. The first kappa shape index (κ1) is 20.6. The van der Waals surface area contributed by atoms with Gasteiger partial charge < -0.3 is 19.7 Å². The predicted molar refractivity (Wildman–Crippen MR) is 108 cm³/mol. The van der Waals surface area contributed by atoms with Crippen molar-refractivity contribution >= 4 is 5.96 Å². The Morgan fingerprint density at radius 2 is 2.12 bits per heavy atom. The van der Waals surface area contributed by atoms with Gasteiger partial charge in [0.25, 0.3) is 0 Å². The van der Waals surface area contributed by atoms with Crippen molar-refractivity contribution in [3.05, 3.63) is 29.8 Å². The molecule has 0 radical (unpaired) electrons. The maximum absolute atomic E-state index is 5.74. The summed E-state index contributed by atoms with van der Waals surface area (Å²) in [6.45, 7) is 11.6. The van der Waals surface area contributed by atoms with Crippen LogP contribution in [0.1, 0.15) is 32.8 Å². The molecule has 1 unspecified atom stereocenters. The lowest BCUT2D eigenvalue weighted by atomic mass is 10.1. The van der Waals surface area contributed by atoms with Gasteiger partial charge in [0.15, 0.2) is 5.96 Å². The second kappa shape index (κ2) is 11.1. The van der Waals surface area contributed by atoms with E-state index < -0.39 is 0 Å². The van der Waals surface area contributed by atoms with E-state index in [1.54, 1.807) is 0 Å². The molecule has 2 rings (SSSR count). The fourth-order valence-corrected chi connectivity index (χ4v) is 2.98. The lowest BCUT2D eigenvalue weighted by Crippen LogP contribution is -2.41. The molecule has 5 heteroatoms. The van der Waals surface area contributed by atoms with Gasteiger partial charge in [-0.2, -0.15) is 0 Å². The van der Waals surface area contributed by atoms with E-state index in [2.05, 4.69) is 62.3 Å². The van der Waals surface area contributed by atoms with Crippen molar-refractivity contribution in [2.24, 2.45) is 16.8 Å². The highest BCUT2D eigenvalue weighted by atomic mass is 16.5. The van der Waals surface area contributed by atoms with E-state index in [1.165, 1.54) is 5.56 Å². The summed E-state index contributed by atoms with van der Waals surface area (Å²) < 4.78 is 11.2. The number of nitrogens with zero attached hydrogens (tertiary/aromatic N) is 2. The van der Waals surface area contributed by atoms with Crippen LogP contribution in [0.3, 0.4) is 0 Å². The summed E-state index contributed by atoms with van der Waals surface area (Å²) in [5, 5.41) is 3.39. The Hall–Kier alpha value is -1.75. The number of guanidine groups is 1. The van der Waals surface area contributed by atoms with Crippen molar-refractivity contribution in [2.75, 3.05) is 46.5 Å². The third-order valence-electron chi connectivity index (χ3n) is 4.42. The zero-order valence-electron chi connectivity index (χ0n) is 16.8. The van der Waals surface area contributed by atoms with Crippen LogP contribution in [0.5, 0.6) is 5.75 Å². The molecular weight excluding hydrogens is 326 g/mol. The van der Waals surface area contributed by atoms with Crippen LogP contribution in [-0.4, -0.2) is 57.4 Å². The highest BCUT2D eigenvalue weighted by molar-refractivity contribution is 5.79. The number of hydrogen-bond donors (Lipinski definition) is 1. The Kier molecular flexibility index (Phi) is 8.75. The highest BCUT2D eigenvalue weighted by Crippen LogP contribution is 2.15. The zero-order valence-corrected chi connectivity index (χ0v) is 16.8. The van der Waals surface area contributed by atoms with E-state index >= 15 is 0 Å². The van der Waals surface area contributed by atoms with Gasteiger partial charge in [-0.25, -0.2) is 0 Å². The van der Waals surface area contributed by atoms with Gasteiger partial charge in [-0.15, -0.1) is 0 Å². The Morgan fingerprint density at radius 1 is 1.35 bits per heavy atom. The van der Waals surface area contributed by atoms with Crippen molar-refractivity contribution < 1.29 is 9.47 Å². The van der Waals surface area contributed by atoms with Crippen LogP contribution >= 0.6 is 0 Å². The molecule has 146 valence electrons. The zero-order chi connectivity index (χ0) is 18.8. The Labute approximate surface area is 158 Å². The molecule has 1 N–H and O–H groups in total. The van der Waals surface area contributed by atoms with Crippen LogP contribution < -0.4 is 10.1 Å². The Bertz CT molecular complexity index is 537. The van der Waals surface area contributed by atoms with Crippen LogP contribution in [0, 0.1) is 11.8 Å². The third kappa shape index (κ3) is 7.24. The molecule has 0 bridgehead atoms. The van der Waals surface area contributed by atoms with Gasteiger partial charge in [-0.05, 0) is 43.4 Å². The summed E-state index contributed by atoms with van der Waals surface area (Å²) in [5.74, 6) is 3.08. The summed E-state index contributed by atoms with van der Waals surface area (Å²) in [6, 6.07) is 8.38. The topological polar surface area (TPSA) is 46.1 Å². The number of nitrogens with one attached hydrogen (secondary N) is 1. The molecule has 1 aromatic rings. The van der Waals surface area contributed by atoms with Gasteiger partial charge >= 0.3 is 0 Å². The van der Waals surface area contributed by atoms with E-state index in [0.29, 0.717) is 11.8 Å². The summed E-state index contributed by atoms with van der Waals surface area (Å²) in [6.07, 6.45) is 2.08. The van der Waals surface area contributed by atoms with E-state index in [4.69, 9.17) is 14.5 Å². The molecule has 0 aromatic heterocycles. The number of hydrogen-bond acceptors (Lipinski definition) is 3. The van der Waals surface area contributed by atoms with Gasteiger partial charge in [0, 0.05) is 39.2 Å². The van der Waals surface area contributed by atoms with Crippen molar-refractivity contribution in [3.8, 4) is 5.75 Å². The van der Waals surface area contributed by atoms with Gasteiger partial charge in [0.2, 0.25) is 0 Å². The fourth-order valence-electron chi connectivity index (χ4n) is 2.98. The molecule has 1 aliphatic heterocycles. The summed E-state index contributed by atoms with van der Waals surface area (Å²) in [4.78, 5) is 7.02. The number of rotatable bonds is 9. The number of ether oxygens (including phenoxy) is 2. The van der Waals surface area contributed by atoms with Crippen LogP contribution in [-0.2, 0) is 11.2 Å². The molecule has 0 aliphatic carbocycles. The molecule has 1 fully saturated rings. The minimum absolute atomic E-state index is 0.543. The SMILES string of the molecule is CCNC(=NCCc1ccc(OCC(C)C)cc1)N(C)CC1CCOC1. The first-order chi connectivity index (χ1) is 12.6. The standard InChI is InChI=1S/C21H35N3O2/c1-5-22-21(24(4)14-19-11-13-25-16-19)23-12-10-18-6-8-20(9-7-18)26-15-17(2)3/h6-9,17,19H,5,10-16H2,1-4H3,(H,22,23). The summed E-state index contributed by atoms with van der Waals surface area (Å²) >= 11 is 0. The lowest BCUT2D eigenvalue weighted by molar-refractivity contribution is 0.181.